The number of piperidine rings is 3. The van der Waals surface area contributed by atoms with Crippen LogP contribution in [0.3, 0.4) is 0 Å². The molecule has 3 aromatic heterocycles. The van der Waals surface area contributed by atoms with Crippen LogP contribution in [-0.2, 0) is 159 Å². The molecule has 6 aliphatic heterocycles. The number of aryl methyl sites for hydroxylation is 3. The van der Waals surface area contributed by atoms with Crippen molar-refractivity contribution in [2.24, 2.45) is 61.2 Å². The van der Waals surface area contributed by atoms with Gasteiger partial charge in [-0.25, -0.2) is 11.5 Å². The number of carbonyl (C=O) groups excluding carboxylic acids is 2. The number of aliphatic hydroxyl groups excluding tert-OH is 1. The van der Waals surface area contributed by atoms with Gasteiger partial charge in [0.1, 0.15) is 0 Å². The van der Waals surface area contributed by atoms with Crippen LogP contribution in [0.15, 0.2) is 77.4 Å². The van der Waals surface area contributed by atoms with E-state index < -0.39 is 17.6 Å². The maximum atomic E-state index is 11.9. The van der Waals surface area contributed by atoms with Crippen molar-refractivity contribution in [3.05, 3.63) is 142 Å². The fourth-order valence-electron chi connectivity index (χ4n) is 17.0. The molecule has 0 spiro atoms. The molecule has 3 saturated heterocycles. The molecule has 6 aromatic rings. The van der Waals surface area contributed by atoms with Gasteiger partial charge in [0, 0.05) is 208 Å². The summed E-state index contributed by atoms with van der Waals surface area (Å²) in [5.41, 5.74) is 18.4. The average Bonchev–Trinajstić information content (AvgIpc) is 1.66. The largest absolute Gasteiger partial charge is 0 e. The molecule has 7 radical (unpaired) electrons. The van der Waals surface area contributed by atoms with Crippen molar-refractivity contribution in [2.75, 3.05) is 45.5 Å². The number of carbonyl (C=O) groups is 2. The van der Waals surface area contributed by atoms with Crippen LogP contribution in [0.4, 0.5) is 0 Å². The Kier molecular flexibility index (Phi) is 31.6. The second-order valence-corrected chi connectivity index (χ2v) is 49.6. The smallest absolute Gasteiger partial charge is 0 e. The number of nitrogens with zero attached hydrogens (tertiary/aromatic N) is 7. The van der Waals surface area contributed by atoms with E-state index >= 15 is 0 Å². The van der Waals surface area contributed by atoms with Crippen LogP contribution in [0, 0.1) is 71.2 Å². The zero-order valence-corrected chi connectivity index (χ0v) is 83.0. The molecule has 3 saturated carbocycles. The van der Waals surface area contributed by atoms with Crippen molar-refractivity contribution in [3.8, 4) is 0 Å². The Morgan fingerprint density at radius 2 is 0.912 bits per heavy atom. The number of esters is 2. The van der Waals surface area contributed by atoms with E-state index in [-0.39, 0.29) is 124 Å². The van der Waals surface area contributed by atoms with Crippen LogP contribution in [0.2, 0.25) is 0 Å². The Balaban J connectivity index is 0.000000233. The Labute approximate surface area is 629 Å². The summed E-state index contributed by atoms with van der Waals surface area (Å²) in [4.78, 5) is 42.0. The number of benzene rings is 3. The van der Waals surface area contributed by atoms with Crippen molar-refractivity contribution >= 4 is 123 Å². The second-order valence-electron chi connectivity index (χ2n) is 24.8. The zero-order chi connectivity index (χ0) is 58.3. The van der Waals surface area contributed by atoms with E-state index in [1.165, 1.54) is 106 Å². The van der Waals surface area contributed by atoms with Crippen LogP contribution < -0.4 is 0 Å². The maximum absolute atomic E-state index is 11.9. The minimum absolute atomic E-state index is 0. The van der Waals surface area contributed by atoms with Gasteiger partial charge in [0.15, 0.2) is 11.9 Å². The van der Waals surface area contributed by atoms with Crippen LogP contribution in [-0.4, -0.2) is 115 Å². The second kappa shape index (κ2) is 35.9. The topological polar surface area (TPSA) is 127 Å². The van der Waals surface area contributed by atoms with Crippen LogP contribution in [0.25, 0.3) is 32.7 Å². The molecule has 12 atom stereocenters. The molecule has 91 heavy (non-hydrogen) atoms. The summed E-state index contributed by atoms with van der Waals surface area (Å²) in [7, 11) is 6.65. The normalized spacial score (nSPS) is 27.4. The monoisotopic (exact) mass is 2730 g/mol. The number of rotatable bonds is 7. The van der Waals surface area contributed by atoms with Crippen molar-refractivity contribution in [1.82, 2.24) is 28.4 Å². The Morgan fingerprint density at radius 3 is 1.26 bits per heavy atom. The van der Waals surface area contributed by atoms with E-state index in [2.05, 4.69) is 183 Å². The van der Waals surface area contributed by atoms with Gasteiger partial charge in [0.05, 0.1) is 0 Å². The van der Waals surface area contributed by atoms with E-state index in [0.717, 1.165) is 89.1 Å². The van der Waals surface area contributed by atoms with E-state index in [1.807, 2.05) is 6.26 Å². The number of hydrogen-bond donors (Lipinski definition) is 1. The number of para-hydroxylation sites is 3. The van der Waals surface area contributed by atoms with Crippen molar-refractivity contribution in [2.45, 2.75) is 113 Å². The van der Waals surface area contributed by atoms with Crippen molar-refractivity contribution < 1.29 is 123 Å². The summed E-state index contributed by atoms with van der Waals surface area (Å²) in [6, 6.07) is 27.8. The molecule has 26 heteroatoms. The molecular formula is C65H78BI3N7O6Re2Rf2Rh3S2-5. The summed E-state index contributed by atoms with van der Waals surface area (Å²) in [6.07, 6.45) is 21.4. The van der Waals surface area contributed by atoms with E-state index in [4.69, 9.17) is 15.2 Å². The summed E-state index contributed by atoms with van der Waals surface area (Å²) in [5.74, 6) is 5.69. The predicted molar refractivity (Wildman–Crippen MR) is 367 cm³/mol. The van der Waals surface area contributed by atoms with Gasteiger partial charge in [0.2, 0.25) is 0 Å². The average molecular weight is 2720 g/mol. The van der Waals surface area contributed by atoms with Gasteiger partial charge in [-0.15, -0.1) is 16.9 Å². The molecule has 0 bridgehead atoms. The number of ether oxygens (including phenoxy) is 2. The quantitative estimate of drug-likeness (QED) is 0.0410. The summed E-state index contributed by atoms with van der Waals surface area (Å²) < 4.78 is 21.1. The fourth-order valence-corrected chi connectivity index (χ4v) is 17.4. The number of nitroso groups, excluding NO2 is 1. The maximum Gasteiger partial charge on any atom is 0 e. The summed E-state index contributed by atoms with van der Waals surface area (Å²) in [5, 5.41) is 14.3. The molecule has 1 N–H and O–H groups in total. The van der Waals surface area contributed by atoms with Gasteiger partial charge < -0.3 is 40.0 Å². The van der Waals surface area contributed by atoms with Gasteiger partial charge in [-0.3, -0.25) is 43.6 Å². The predicted octanol–water partition coefficient (Wildman–Crippen LogP) is 13.7. The number of aromatic nitrogens is 3. The first-order valence-corrected chi connectivity index (χ1v) is 46.2. The van der Waals surface area contributed by atoms with Gasteiger partial charge in [-0.05, 0) is 110 Å². The number of halogens is 3. The standard InChI is InChI=1S/C23H28N2O2S.C22H25N3O3S.C20H25N2O.BI3.2Re.2Rf.3Rh/c1-24-20-6-4-3-5-18(20)19-9-10-25-13-15-7-8-17(27-22(26)14-28-2)11-16(15)12-21(25)23(19)24;1-24-19-5-3-2-4-17(19)18-8-9-25-12-14-6-7-16(28-21(26)13-29-23-27)10-15(14)11-20(25)22(18)24;1-21-18-5-3-2-4-16(18)17-8-9-22-12-13-6-7-15(23)10-14(13)11-19(22)20(17)21;1-4(2)3;;;;;;;/h3-6,11,14-17,21H,7-10,12-13H2,1-2H3;2-5,10,13-16,20H,6-9,11-12H2,1H3;2-5,10,13-15,19,23H,6-9,11-12H2,1H3;;;;;;;;/q2*-2;-1;;;;;;;;/t15?,16?,17-,21?;14?,15?,16-,20?;13?,14?,15-,19?;;;;;;;;/m000......../s1. The van der Waals surface area contributed by atoms with Crippen molar-refractivity contribution in [1.29, 1.82) is 0 Å². The molecule has 9 heterocycles. The van der Waals surface area contributed by atoms with Gasteiger partial charge in [-0.2, -0.15) is 17.8 Å². The van der Waals surface area contributed by atoms with E-state index in [1.54, 1.807) is 16.9 Å². The molecular weight excluding hydrogens is 2650 g/mol. The minimum atomic E-state index is -0.823. The third-order valence-corrected chi connectivity index (χ3v) is 21.3. The minimum Gasteiger partial charge on any atom is 0 e. The summed E-state index contributed by atoms with van der Waals surface area (Å²) in [6.45, 7) is 6.97. The van der Waals surface area contributed by atoms with Crippen molar-refractivity contribution in [3.63, 3.8) is 0 Å². The van der Waals surface area contributed by atoms with Crippen LogP contribution in [0.1, 0.15) is 110 Å². The van der Waals surface area contributed by atoms with Gasteiger partial charge >= 0.3 is 54.6 Å². The first kappa shape index (κ1) is 80.2. The van der Waals surface area contributed by atoms with E-state index in [0.29, 0.717) is 59.7 Å². The molecule has 9 unspecified atom stereocenters. The molecule has 15 rings (SSSR count). The number of aliphatic hydroxyl groups is 1. The SMILES string of the molecule is CS[CH-]C(=O)O[C@@H]1[CH-]C2CC3c4c(c5ccccc5n4C)CCN3CC2CC1.Cn1c2c(c3ccccc31)CCN1CC3CC[C@H](O)[CH-]C3CC21.Cn1c2c(c3ccccc31)CCN1CC3CC[C@H](OC(=O)[CH-]SN=O)[CH-]C3CC21.[B]I(I)I.[Re].[Re].[Rf].[Rf].[Rh].[Rh].[Rh]. The zero-order valence-electron chi connectivity index (χ0n) is 51.8. The third kappa shape index (κ3) is 17.2. The molecule has 13 nitrogen and oxygen atoms in total. The van der Waals surface area contributed by atoms with Crippen LogP contribution in [0.5, 0.6) is 0 Å². The molecule has 495 valence electrons. The molecule has 6 fully saturated rings. The van der Waals surface area contributed by atoms with Gasteiger partial charge in [-0.1, -0.05) is 123 Å². The van der Waals surface area contributed by atoms with Crippen LogP contribution >= 0.6 is 72.6 Å². The van der Waals surface area contributed by atoms with Gasteiger partial charge in [0.25, 0.3) is 0 Å². The number of thioether (sulfide) groups is 1. The van der Waals surface area contributed by atoms with E-state index in [9.17, 15) is 19.6 Å². The Morgan fingerprint density at radius 1 is 0.582 bits per heavy atom. The molecule has 9 aliphatic rings. The first-order valence-electron chi connectivity index (χ1n) is 30.3. The summed E-state index contributed by atoms with van der Waals surface area (Å²) >= 11 is 5.70. The number of hydrogen-bond acceptors (Lipinski definition) is 12. The molecule has 0 amide bonds. The Bertz CT molecular complexity index is 3380. The first-order chi connectivity index (χ1) is 40.8. The molecule has 3 aromatic carbocycles. The third-order valence-electron chi connectivity index (χ3n) is 20.5. The molecule has 3 aliphatic carbocycles. The fraction of sp³-hybridized carbons (Fsp3) is 0.523. The Hall–Kier alpha value is -1.45. The number of fused-ring (bicyclic) bond motifs is 18.